The van der Waals surface area contributed by atoms with Crippen LogP contribution in [0.5, 0.6) is 0 Å². The number of oxazole rings is 1. The van der Waals surface area contributed by atoms with Crippen molar-refractivity contribution < 1.29 is 4.42 Å². The summed E-state index contributed by atoms with van der Waals surface area (Å²) in [5, 5.41) is 0.403. The summed E-state index contributed by atoms with van der Waals surface area (Å²) in [5.74, 6) is 0. The van der Waals surface area contributed by atoms with Crippen LogP contribution in [0.4, 0.5) is 6.01 Å². The first-order chi connectivity index (χ1) is 9.29. The van der Waals surface area contributed by atoms with Crippen LogP contribution >= 0.6 is 11.6 Å². The molecule has 4 heterocycles. The van der Waals surface area contributed by atoms with Crippen molar-refractivity contribution >= 4 is 28.8 Å². The molecule has 7 heteroatoms. The topological polar surface area (TPSA) is 67.9 Å². The van der Waals surface area contributed by atoms with Crippen LogP contribution in [0.3, 0.4) is 0 Å². The zero-order valence-electron chi connectivity index (χ0n) is 9.75. The van der Waals surface area contributed by atoms with E-state index in [-0.39, 0.29) is 0 Å². The number of fused-ring (bicyclic) bond motifs is 2. The van der Waals surface area contributed by atoms with E-state index >= 15 is 0 Å². The molecule has 3 aromatic rings. The lowest BCUT2D eigenvalue weighted by molar-refractivity contribution is 0.572. The van der Waals surface area contributed by atoms with E-state index in [1.807, 2.05) is 4.90 Å². The van der Waals surface area contributed by atoms with Gasteiger partial charge in [-0.25, -0.2) is 4.98 Å². The maximum absolute atomic E-state index is 5.83. The summed E-state index contributed by atoms with van der Waals surface area (Å²) in [5.41, 5.74) is 3.04. The lowest BCUT2D eigenvalue weighted by Crippen LogP contribution is -2.14. The third-order valence-corrected chi connectivity index (χ3v) is 3.23. The van der Waals surface area contributed by atoms with E-state index in [0.29, 0.717) is 35.5 Å². The van der Waals surface area contributed by atoms with E-state index in [2.05, 4.69) is 19.9 Å². The van der Waals surface area contributed by atoms with Crippen LogP contribution in [0, 0.1) is 0 Å². The molecular weight excluding hydrogens is 266 g/mol. The molecule has 0 N–H and O–H groups in total. The third kappa shape index (κ3) is 1.72. The van der Waals surface area contributed by atoms with Gasteiger partial charge in [-0.2, -0.15) is 4.98 Å². The number of nitrogens with zero attached hydrogens (tertiary/aromatic N) is 5. The minimum absolute atomic E-state index is 0.403. The average Bonchev–Trinajstić information content (AvgIpc) is 3.00. The second kappa shape index (κ2) is 3.89. The quantitative estimate of drug-likeness (QED) is 0.633. The highest BCUT2D eigenvalue weighted by molar-refractivity contribution is 6.29. The van der Waals surface area contributed by atoms with Crippen LogP contribution in [-0.4, -0.2) is 19.9 Å². The number of rotatable bonds is 1. The molecule has 0 amide bonds. The second-order valence-corrected chi connectivity index (χ2v) is 4.65. The normalized spacial score (nSPS) is 14.1. The average molecular weight is 274 g/mol. The summed E-state index contributed by atoms with van der Waals surface area (Å²) >= 11 is 5.83. The van der Waals surface area contributed by atoms with E-state index in [1.165, 1.54) is 0 Å². The molecule has 0 radical (unpaired) electrons. The molecule has 19 heavy (non-hydrogen) atoms. The third-order valence-electron chi connectivity index (χ3n) is 3.02. The largest absolute Gasteiger partial charge is 0.422 e. The Morgan fingerprint density at radius 2 is 1.79 bits per heavy atom. The van der Waals surface area contributed by atoms with Gasteiger partial charge in [0.25, 0.3) is 0 Å². The number of hydrogen-bond acceptors (Lipinski definition) is 6. The Morgan fingerprint density at radius 1 is 1.05 bits per heavy atom. The van der Waals surface area contributed by atoms with Crippen molar-refractivity contribution in [1.82, 2.24) is 19.9 Å². The molecule has 1 aliphatic heterocycles. The Morgan fingerprint density at radius 3 is 2.53 bits per heavy atom. The monoisotopic (exact) mass is 273 g/mol. The van der Waals surface area contributed by atoms with Crippen LogP contribution in [0.1, 0.15) is 11.4 Å². The molecule has 6 nitrogen and oxygen atoms in total. The van der Waals surface area contributed by atoms with Crippen molar-refractivity contribution in [1.29, 1.82) is 0 Å². The van der Waals surface area contributed by atoms with Crippen molar-refractivity contribution in [3.05, 3.63) is 41.1 Å². The Kier molecular flexibility index (Phi) is 2.19. The maximum Gasteiger partial charge on any atom is 0.300 e. The fraction of sp³-hybridized carbons (Fsp3) is 0.167. The number of hydrogen-bond donors (Lipinski definition) is 0. The first-order valence-corrected chi connectivity index (χ1v) is 6.14. The Labute approximate surface area is 113 Å². The molecule has 94 valence electrons. The van der Waals surface area contributed by atoms with Gasteiger partial charge in [-0.15, -0.1) is 0 Å². The summed E-state index contributed by atoms with van der Waals surface area (Å²) in [6.45, 7) is 1.29. The molecule has 0 aliphatic carbocycles. The molecule has 0 saturated carbocycles. The van der Waals surface area contributed by atoms with Crippen molar-refractivity contribution in [2.24, 2.45) is 0 Å². The van der Waals surface area contributed by atoms with Gasteiger partial charge in [0.15, 0.2) is 5.58 Å². The highest BCUT2D eigenvalue weighted by atomic mass is 35.5. The molecular formula is C12H8ClN5O. The van der Waals surface area contributed by atoms with Crippen molar-refractivity contribution in [2.45, 2.75) is 13.1 Å². The summed E-state index contributed by atoms with van der Waals surface area (Å²) in [6.07, 6.45) is 3.38. The zero-order chi connectivity index (χ0) is 12.8. The summed E-state index contributed by atoms with van der Waals surface area (Å²) in [6, 6.07) is 3.96. The van der Waals surface area contributed by atoms with Gasteiger partial charge in [-0.05, 0) is 12.1 Å². The molecule has 4 rings (SSSR count). The minimum Gasteiger partial charge on any atom is -0.422 e. The predicted octanol–water partition coefficient (Wildman–Crippen LogP) is 2.19. The van der Waals surface area contributed by atoms with Crippen LogP contribution in [0.2, 0.25) is 5.15 Å². The van der Waals surface area contributed by atoms with Gasteiger partial charge in [0.05, 0.1) is 24.5 Å². The van der Waals surface area contributed by atoms with Gasteiger partial charge >= 0.3 is 6.01 Å². The highest BCUT2D eigenvalue weighted by Crippen LogP contribution is 2.28. The Balaban J connectivity index is 1.73. The minimum atomic E-state index is 0.403. The van der Waals surface area contributed by atoms with E-state index in [4.69, 9.17) is 16.0 Å². The van der Waals surface area contributed by atoms with Crippen LogP contribution in [0.25, 0.3) is 11.2 Å². The van der Waals surface area contributed by atoms with Gasteiger partial charge in [-0.3, -0.25) is 9.97 Å². The zero-order valence-corrected chi connectivity index (χ0v) is 10.5. The molecule has 0 atom stereocenters. The van der Waals surface area contributed by atoms with Crippen LogP contribution in [-0.2, 0) is 13.1 Å². The van der Waals surface area contributed by atoms with Crippen molar-refractivity contribution in [3.8, 4) is 0 Å². The molecule has 0 aromatic carbocycles. The van der Waals surface area contributed by atoms with Crippen LogP contribution < -0.4 is 4.90 Å². The van der Waals surface area contributed by atoms with E-state index in [0.717, 1.165) is 11.4 Å². The van der Waals surface area contributed by atoms with Crippen LogP contribution in [0.15, 0.2) is 28.9 Å². The summed E-state index contributed by atoms with van der Waals surface area (Å²) < 4.78 is 5.68. The van der Waals surface area contributed by atoms with Gasteiger partial charge in [0.1, 0.15) is 5.15 Å². The van der Waals surface area contributed by atoms with Gasteiger partial charge in [0, 0.05) is 12.4 Å². The number of anilines is 1. The van der Waals surface area contributed by atoms with Crippen molar-refractivity contribution in [3.63, 3.8) is 0 Å². The SMILES string of the molecule is Clc1ccc2oc(N3Cc4nccnc4C3)nc2n1. The van der Waals surface area contributed by atoms with Gasteiger partial charge < -0.3 is 9.32 Å². The number of halogens is 1. The van der Waals surface area contributed by atoms with E-state index < -0.39 is 0 Å². The molecule has 0 spiro atoms. The first kappa shape index (κ1) is 10.7. The Bertz CT molecular complexity index is 747. The molecule has 0 fully saturated rings. The second-order valence-electron chi connectivity index (χ2n) is 4.26. The lowest BCUT2D eigenvalue weighted by Gasteiger charge is -2.09. The molecule has 0 bridgehead atoms. The summed E-state index contributed by atoms with van der Waals surface area (Å²) in [7, 11) is 0. The molecule has 1 aliphatic rings. The standard InChI is InChI=1S/C12H8ClN5O/c13-10-2-1-9-11(16-10)17-12(19-9)18-5-7-8(6-18)15-4-3-14-7/h1-4H,5-6H2. The Hall–Kier alpha value is -2.21. The fourth-order valence-electron chi connectivity index (χ4n) is 2.13. The number of pyridine rings is 1. The molecule has 0 unspecified atom stereocenters. The predicted molar refractivity (Wildman–Crippen MR) is 68.7 cm³/mol. The van der Waals surface area contributed by atoms with Crippen molar-refractivity contribution in [2.75, 3.05) is 4.90 Å². The number of aromatic nitrogens is 4. The smallest absolute Gasteiger partial charge is 0.300 e. The van der Waals surface area contributed by atoms with E-state index in [1.54, 1.807) is 24.5 Å². The molecule has 3 aromatic heterocycles. The van der Waals surface area contributed by atoms with E-state index in [9.17, 15) is 0 Å². The van der Waals surface area contributed by atoms with Gasteiger partial charge in [-0.1, -0.05) is 11.6 Å². The highest BCUT2D eigenvalue weighted by Gasteiger charge is 2.25. The fourth-order valence-corrected chi connectivity index (χ4v) is 2.27. The summed E-state index contributed by atoms with van der Waals surface area (Å²) in [4.78, 5) is 19.0. The molecule has 0 saturated heterocycles. The maximum atomic E-state index is 5.83. The lowest BCUT2D eigenvalue weighted by atomic mass is 10.4. The first-order valence-electron chi connectivity index (χ1n) is 5.76. The van der Waals surface area contributed by atoms with Gasteiger partial charge in [0.2, 0.25) is 5.65 Å².